The summed E-state index contributed by atoms with van der Waals surface area (Å²) in [6.07, 6.45) is 1.03. The number of fused-ring (bicyclic) bond motifs is 1. The largest absolute Gasteiger partial charge is 0.480 e. The van der Waals surface area contributed by atoms with Crippen molar-refractivity contribution >= 4 is 17.3 Å². The molecule has 1 atom stereocenters. The molecule has 0 bridgehead atoms. The predicted octanol–water partition coefficient (Wildman–Crippen LogP) is 1.93. The van der Waals surface area contributed by atoms with Crippen molar-refractivity contribution in [2.75, 3.05) is 20.1 Å². The van der Waals surface area contributed by atoms with Gasteiger partial charge in [-0.05, 0) is 24.1 Å². The monoisotopic (exact) mass is 340 g/mol. The molecule has 6 nitrogen and oxygen atoms in total. The maximum absolute atomic E-state index is 12.8. The molecule has 0 aromatic heterocycles. The Morgan fingerprint density at radius 2 is 2.04 bits per heavy atom. The van der Waals surface area contributed by atoms with E-state index in [1.54, 1.807) is 19.1 Å². The molecule has 1 aliphatic carbocycles. The second kappa shape index (κ2) is 6.66. The highest BCUT2D eigenvalue weighted by molar-refractivity contribution is 6.19. The zero-order valence-corrected chi connectivity index (χ0v) is 14.2. The summed E-state index contributed by atoms with van der Waals surface area (Å²) < 4.78 is 5.71. The van der Waals surface area contributed by atoms with Crippen LogP contribution in [0.5, 0.6) is 0 Å². The Labute approximate surface area is 146 Å². The number of rotatable bonds is 4. The molecule has 1 heterocycles. The average molecular weight is 340 g/mol. The van der Waals surface area contributed by atoms with E-state index in [0.29, 0.717) is 11.1 Å². The van der Waals surface area contributed by atoms with Crippen LogP contribution in [-0.2, 0) is 9.53 Å². The van der Waals surface area contributed by atoms with Gasteiger partial charge in [0.05, 0.1) is 0 Å². The highest BCUT2D eigenvalue weighted by Gasteiger charge is 2.35. The van der Waals surface area contributed by atoms with E-state index < -0.39 is 12.0 Å². The van der Waals surface area contributed by atoms with Crippen molar-refractivity contribution in [1.82, 2.24) is 10.4 Å². The molecule has 2 N–H and O–H groups in total. The summed E-state index contributed by atoms with van der Waals surface area (Å²) in [6.45, 7) is 6.45. The first-order valence-electron chi connectivity index (χ1n) is 8.04. The van der Waals surface area contributed by atoms with Crippen molar-refractivity contribution in [2.45, 2.75) is 13.0 Å². The van der Waals surface area contributed by atoms with Crippen molar-refractivity contribution in [3.63, 3.8) is 0 Å². The molecule has 1 aromatic rings. The zero-order chi connectivity index (χ0) is 18.1. The molecule has 0 saturated heterocycles. The van der Waals surface area contributed by atoms with Crippen LogP contribution in [-0.4, -0.2) is 48.2 Å². The van der Waals surface area contributed by atoms with E-state index in [4.69, 9.17) is 9.94 Å². The lowest BCUT2D eigenvalue weighted by atomic mass is 9.79. The maximum atomic E-state index is 12.8. The Bertz CT molecular complexity index is 820. The number of ether oxygens (including phenoxy) is 1. The SMILES string of the molecule is C=C1C2=C(C=C(C(=O)NCCN(C)O)OC2C)C(=O)c2ccccc21. The molecule has 0 fully saturated rings. The lowest BCUT2D eigenvalue weighted by Gasteiger charge is -2.31. The van der Waals surface area contributed by atoms with Gasteiger partial charge in [-0.1, -0.05) is 30.8 Å². The number of hydrogen-bond acceptors (Lipinski definition) is 5. The predicted molar refractivity (Wildman–Crippen MR) is 92.9 cm³/mol. The lowest BCUT2D eigenvalue weighted by molar-refractivity contribution is -0.122. The van der Waals surface area contributed by atoms with Crippen LogP contribution >= 0.6 is 0 Å². The number of likely N-dealkylation sites (N-methyl/N-ethyl adjacent to an activating group) is 1. The minimum atomic E-state index is -0.453. The number of allylic oxidation sites excluding steroid dienone is 2. The Morgan fingerprint density at radius 1 is 1.36 bits per heavy atom. The van der Waals surface area contributed by atoms with Crippen LogP contribution in [0.3, 0.4) is 0 Å². The quantitative estimate of drug-likeness (QED) is 0.819. The van der Waals surface area contributed by atoms with Crippen molar-refractivity contribution < 1.29 is 19.5 Å². The highest BCUT2D eigenvalue weighted by Crippen LogP contribution is 2.40. The summed E-state index contributed by atoms with van der Waals surface area (Å²) in [7, 11) is 1.49. The second-order valence-corrected chi connectivity index (χ2v) is 6.09. The van der Waals surface area contributed by atoms with Crippen LogP contribution in [0.1, 0.15) is 22.8 Å². The van der Waals surface area contributed by atoms with Gasteiger partial charge in [-0.25, -0.2) is 0 Å². The average Bonchev–Trinajstić information content (AvgIpc) is 2.58. The number of hydroxylamine groups is 2. The van der Waals surface area contributed by atoms with E-state index in [1.165, 1.54) is 13.1 Å². The van der Waals surface area contributed by atoms with Crippen LogP contribution in [0, 0.1) is 0 Å². The normalized spacial score (nSPS) is 19.2. The number of hydrogen-bond donors (Lipinski definition) is 2. The summed E-state index contributed by atoms with van der Waals surface area (Å²) in [5.41, 5.74) is 3.30. The fourth-order valence-electron chi connectivity index (χ4n) is 3.08. The number of nitrogens with one attached hydrogen (secondary N) is 1. The van der Waals surface area contributed by atoms with Gasteiger partial charge in [0.25, 0.3) is 5.91 Å². The first-order chi connectivity index (χ1) is 11.9. The van der Waals surface area contributed by atoms with Crippen molar-refractivity contribution in [3.05, 3.63) is 65.0 Å². The third-order valence-corrected chi connectivity index (χ3v) is 4.29. The number of carbonyl (C=O) groups excluding carboxylic acids is 2. The summed E-state index contributed by atoms with van der Waals surface area (Å²) in [5, 5.41) is 12.7. The van der Waals surface area contributed by atoms with E-state index in [9.17, 15) is 9.59 Å². The standard InChI is InChI=1S/C19H20N2O4/c1-11-13-6-4-5-7-14(13)18(22)15-10-16(25-12(2)17(11)15)19(23)20-8-9-21(3)24/h4-7,10,12,24H,1,8-9H2,2-3H3,(H,20,23). The molecule has 1 amide bonds. The van der Waals surface area contributed by atoms with E-state index in [2.05, 4.69) is 11.9 Å². The fraction of sp³-hybridized carbons (Fsp3) is 0.263. The Hall–Kier alpha value is -2.70. The van der Waals surface area contributed by atoms with Crippen LogP contribution in [0.2, 0.25) is 0 Å². The van der Waals surface area contributed by atoms with Gasteiger partial charge in [0.2, 0.25) is 0 Å². The Balaban J connectivity index is 1.91. The molecule has 1 unspecified atom stereocenters. The molecule has 6 heteroatoms. The van der Waals surface area contributed by atoms with E-state index in [0.717, 1.165) is 21.8 Å². The molecule has 1 aromatic carbocycles. The van der Waals surface area contributed by atoms with Crippen molar-refractivity contribution in [2.24, 2.45) is 0 Å². The molecular weight excluding hydrogens is 320 g/mol. The van der Waals surface area contributed by atoms with Crippen LogP contribution < -0.4 is 5.32 Å². The molecule has 25 heavy (non-hydrogen) atoms. The Kier molecular flexibility index (Phi) is 4.57. The number of nitrogens with zero attached hydrogens (tertiary/aromatic N) is 1. The summed E-state index contributed by atoms with van der Waals surface area (Å²) in [5.74, 6) is -0.460. The zero-order valence-electron chi connectivity index (χ0n) is 14.2. The van der Waals surface area contributed by atoms with Gasteiger partial charge in [0.1, 0.15) is 6.10 Å². The summed E-state index contributed by atoms with van der Waals surface area (Å²) in [6, 6.07) is 7.30. The van der Waals surface area contributed by atoms with E-state index >= 15 is 0 Å². The number of benzene rings is 1. The molecular formula is C19H20N2O4. The van der Waals surface area contributed by atoms with E-state index in [1.807, 2.05) is 12.1 Å². The number of Topliss-reactive ketones (excluding diaryl/α,β-unsaturated/α-hetero) is 1. The minimum Gasteiger partial charge on any atom is -0.480 e. The van der Waals surface area contributed by atoms with Gasteiger partial charge < -0.3 is 15.3 Å². The topological polar surface area (TPSA) is 78.9 Å². The third-order valence-electron chi connectivity index (χ3n) is 4.29. The minimum absolute atomic E-state index is 0.0902. The van der Waals surface area contributed by atoms with Gasteiger partial charge in [-0.3, -0.25) is 9.59 Å². The van der Waals surface area contributed by atoms with Crippen molar-refractivity contribution in [3.8, 4) is 0 Å². The first-order valence-corrected chi connectivity index (χ1v) is 8.04. The number of carbonyl (C=O) groups is 2. The lowest BCUT2D eigenvalue weighted by Crippen LogP contribution is -2.36. The van der Waals surface area contributed by atoms with Crippen molar-refractivity contribution in [1.29, 1.82) is 0 Å². The summed E-state index contributed by atoms with van der Waals surface area (Å²) >= 11 is 0. The molecule has 0 saturated carbocycles. The second-order valence-electron chi connectivity index (χ2n) is 6.09. The maximum Gasteiger partial charge on any atom is 0.286 e. The van der Waals surface area contributed by atoms with Gasteiger partial charge in [-0.15, -0.1) is 0 Å². The highest BCUT2D eigenvalue weighted by atomic mass is 16.5. The third kappa shape index (κ3) is 3.14. The molecule has 0 spiro atoms. The van der Waals surface area contributed by atoms with Gasteiger partial charge >= 0.3 is 0 Å². The van der Waals surface area contributed by atoms with Gasteiger partial charge in [0.15, 0.2) is 11.5 Å². The van der Waals surface area contributed by atoms with E-state index in [-0.39, 0.29) is 24.6 Å². The van der Waals surface area contributed by atoms with Crippen LogP contribution in [0.4, 0.5) is 0 Å². The number of ketones is 1. The molecule has 2 aliphatic rings. The number of amides is 1. The fourth-order valence-corrected chi connectivity index (χ4v) is 3.08. The molecule has 130 valence electrons. The van der Waals surface area contributed by atoms with Crippen LogP contribution in [0.15, 0.2) is 53.8 Å². The first kappa shape index (κ1) is 17.1. The molecule has 1 aliphatic heterocycles. The van der Waals surface area contributed by atoms with Crippen LogP contribution in [0.25, 0.3) is 5.57 Å². The smallest absolute Gasteiger partial charge is 0.286 e. The summed E-state index contributed by atoms with van der Waals surface area (Å²) in [4.78, 5) is 25.1. The van der Waals surface area contributed by atoms with Gasteiger partial charge in [-0.2, -0.15) is 5.06 Å². The molecule has 0 radical (unpaired) electrons. The van der Waals surface area contributed by atoms with Gasteiger partial charge in [0, 0.05) is 36.8 Å². The Morgan fingerprint density at radius 3 is 2.72 bits per heavy atom. The molecule has 3 rings (SSSR count).